The van der Waals surface area contributed by atoms with Crippen molar-refractivity contribution >= 4 is 11.8 Å². The molecule has 2 amide bonds. The molecule has 5 rings (SSSR count). The molecule has 3 aliphatic carbocycles. The molecule has 4 aliphatic rings. The highest BCUT2D eigenvalue weighted by molar-refractivity contribution is 5.97. The van der Waals surface area contributed by atoms with Crippen molar-refractivity contribution in [3.63, 3.8) is 0 Å². The van der Waals surface area contributed by atoms with E-state index in [0.717, 1.165) is 31.6 Å². The van der Waals surface area contributed by atoms with Gasteiger partial charge in [-0.15, -0.1) is 0 Å². The lowest BCUT2D eigenvalue weighted by Crippen LogP contribution is -2.53. The van der Waals surface area contributed by atoms with E-state index >= 15 is 0 Å². The highest BCUT2D eigenvalue weighted by Crippen LogP contribution is 2.59. The fourth-order valence-corrected chi connectivity index (χ4v) is 5.18. The summed E-state index contributed by atoms with van der Waals surface area (Å²) >= 11 is 0. The van der Waals surface area contributed by atoms with Crippen LogP contribution in [-0.4, -0.2) is 35.8 Å². The fraction of sp³-hybridized carbons (Fsp3) is 0.565. The van der Waals surface area contributed by atoms with Gasteiger partial charge in [0.25, 0.3) is 5.91 Å². The second-order valence-corrected chi connectivity index (χ2v) is 9.07. The first-order valence-electron chi connectivity index (χ1n) is 10.4. The molecule has 3 atom stereocenters. The van der Waals surface area contributed by atoms with E-state index in [1.165, 1.54) is 17.7 Å². The van der Waals surface area contributed by atoms with Crippen molar-refractivity contribution in [2.75, 3.05) is 13.1 Å². The zero-order valence-corrected chi connectivity index (χ0v) is 16.7. The molecule has 1 heterocycles. The van der Waals surface area contributed by atoms with Gasteiger partial charge in [0.2, 0.25) is 5.91 Å². The van der Waals surface area contributed by atoms with Gasteiger partial charge in [-0.2, -0.15) is 0 Å². The highest BCUT2D eigenvalue weighted by Gasteiger charge is 2.51. The number of fused-ring (bicyclic) bond motifs is 1. The molecule has 28 heavy (non-hydrogen) atoms. The lowest BCUT2D eigenvalue weighted by Gasteiger charge is -2.57. The number of carbonyl (C=O) groups is 2. The number of nitrogens with one attached hydrogen (secondary N) is 1. The molecule has 1 aromatic rings. The summed E-state index contributed by atoms with van der Waals surface area (Å²) in [6, 6.07) is 5.28. The Balaban J connectivity index is 1.64. The van der Waals surface area contributed by atoms with Gasteiger partial charge in [0.15, 0.2) is 0 Å². The van der Waals surface area contributed by atoms with Crippen molar-refractivity contribution in [1.82, 2.24) is 10.2 Å². The van der Waals surface area contributed by atoms with Gasteiger partial charge in [0.1, 0.15) is 11.9 Å². The number of nitrogens with zero attached hydrogens (tertiary/aromatic N) is 1. The van der Waals surface area contributed by atoms with Crippen LogP contribution in [0.1, 0.15) is 56.3 Å². The molecule has 1 N–H and O–H groups in total. The van der Waals surface area contributed by atoms with Crippen LogP contribution >= 0.6 is 0 Å². The molecule has 0 spiro atoms. The minimum Gasteiger partial charge on any atom is -0.354 e. The monoisotopic (exact) mass is 384 g/mol. The Hall–Kier alpha value is -2.17. The smallest absolute Gasteiger partial charge is 0.254 e. The maximum Gasteiger partial charge on any atom is 0.254 e. The molecule has 2 fully saturated rings. The maximum absolute atomic E-state index is 13.7. The van der Waals surface area contributed by atoms with Gasteiger partial charge in [-0.05, 0) is 67.6 Å². The molecule has 2 bridgehead atoms. The molecular weight excluding hydrogens is 355 g/mol. The van der Waals surface area contributed by atoms with Gasteiger partial charge in [0, 0.05) is 18.7 Å². The predicted octanol–water partition coefficient (Wildman–Crippen LogP) is 3.93. The van der Waals surface area contributed by atoms with Crippen LogP contribution in [0, 0.1) is 23.1 Å². The standard InChI is InChI=1S/C23H29FN2O2/c1-23(2)17-10-9-16(19(23)13-17)14-26(20-8-3-4-11-25-21(20)27)22(28)15-6-5-7-18(24)12-15/h5-7,9,12,17,19-20H,3-4,8,10-11,13-14H2,1-2H3,(H,25,27). The molecule has 0 aromatic heterocycles. The van der Waals surface area contributed by atoms with Crippen LogP contribution in [0.3, 0.4) is 0 Å². The Morgan fingerprint density at radius 2 is 2.14 bits per heavy atom. The first-order valence-corrected chi connectivity index (χ1v) is 10.4. The summed E-state index contributed by atoms with van der Waals surface area (Å²) in [5, 5.41) is 2.94. The predicted molar refractivity (Wildman–Crippen MR) is 106 cm³/mol. The first kappa shape index (κ1) is 19.2. The Kier molecular flexibility index (Phi) is 5.02. The molecule has 0 radical (unpaired) electrons. The molecule has 4 nitrogen and oxygen atoms in total. The van der Waals surface area contributed by atoms with Gasteiger partial charge in [0.05, 0.1) is 0 Å². The first-order chi connectivity index (χ1) is 13.4. The zero-order valence-electron chi connectivity index (χ0n) is 16.7. The number of allylic oxidation sites excluding steroid dienone is 1. The van der Waals surface area contributed by atoms with Crippen LogP contribution in [0.5, 0.6) is 0 Å². The zero-order chi connectivity index (χ0) is 19.9. The molecule has 3 unspecified atom stereocenters. The third kappa shape index (κ3) is 3.36. The van der Waals surface area contributed by atoms with Gasteiger partial charge >= 0.3 is 0 Å². The van der Waals surface area contributed by atoms with Crippen LogP contribution in [0.15, 0.2) is 35.9 Å². The molecule has 1 saturated heterocycles. The van der Waals surface area contributed by atoms with E-state index in [-0.39, 0.29) is 17.2 Å². The van der Waals surface area contributed by atoms with Gasteiger partial charge < -0.3 is 10.2 Å². The largest absolute Gasteiger partial charge is 0.354 e. The van der Waals surface area contributed by atoms with Gasteiger partial charge in [-0.3, -0.25) is 9.59 Å². The van der Waals surface area contributed by atoms with Crippen molar-refractivity contribution in [3.8, 4) is 0 Å². The summed E-state index contributed by atoms with van der Waals surface area (Å²) in [6.07, 6.45) is 6.94. The molecule has 1 aliphatic heterocycles. The number of halogens is 1. The van der Waals surface area contributed by atoms with E-state index < -0.39 is 11.9 Å². The number of carbonyl (C=O) groups excluding carboxylic acids is 2. The van der Waals surface area contributed by atoms with Crippen LogP contribution in [0.2, 0.25) is 0 Å². The number of benzene rings is 1. The van der Waals surface area contributed by atoms with Crippen molar-refractivity contribution in [2.24, 2.45) is 17.3 Å². The summed E-state index contributed by atoms with van der Waals surface area (Å²) in [6.45, 7) is 5.71. The summed E-state index contributed by atoms with van der Waals surface area (Å²) in [7, 11) is 0. The van der Waals surface area contributed by atoms with Crippen LogP contribution in [-0.2, 0) is 4.79 Å². The van der Waals surface area contributed by atoms with Gasteiger partial charge in [-0.1, -0.05) is 31.6 Å². The van der Waals surface area contributed by atoms with E-state index in [1.807, 2.05) is 0 Å². The second kappa shape index (κ2) is 7.34. The second-order valence-electron chi connectivity index (χ2n) is 9.07. The summed E-state index contributed by atoms with van der Waals surface area (Å²) in [5.74, 6) is 0.389. The normalized spacial score (nSPS) is 28.5. The topological polar surface area (TPSA) is 49.4 Å². The fourth-order valence-electron chi connectivity index (χ4n) is 5.18. The number of rotatable bonds is 4. The highest BCUT2D eigenvalue weighted by atomic mass is 19.1. The quantitative estimate of drug-likeness (QED) is 0.800. The third-order valence-corrected chi connectivity index (χ3v) is 7.15. The Labute approximate surface area is 166 Å². The van der Waals surface area contributed by atoms with Gasteiger partial charge in [-0.25, -0.2) is 4.39 Å². The van der Waals surface area contributed by atoms with Crippen LogP contribution < -0.4 is 5.32 Å². The lowest BCUT2D eigenvalue weighted by molar-refractivity contribution is -0.125. The van der Waals surface area contributed by atoms with Crippen LogP contribution in [0.25, 0.3) is 0 Å². The summed E-state index contributed by atoms with van der Waals surface area (Å²) < 4.78 is 13.7. The molecule has 150 valence electrons. The van der Waals surface area contributed by atoms with E-state index in [0.29, 0.717) is 31.0 Å². The van der Waals surface area contributed by atoms with Crippen molar-refractivity contribution in [3.05, 3.63) is 47.3 Å². The maximum atomic E-state index is 13.7. The van der Waals surface area contributed by atoms with Crippen LogP contribution in [0.4, 0.5) is 4.39 Å². The van der Waals surface area contributed by atoms with E-state index in [9.17, 15) is 14.0 Å². The molecule has 5 heteroatoms. The van der Waals surface area contributed by atoms with E-state index in [4.69, 9.17) is 0 Å². The summed E-state index contributed by atoms with van der Waals surface area (Å²) in [4.78, 5) is 27.8. The third-order valence-electron chi connectivity index (χ3n) is 7.15. The number of amides is 2. The van der Waals surface area contributed by atoms with Crippen molar-refractivity contribution in [1.29, 1.82) is 0 Å². The molecular formula is C23H29FN2O2. The Morgan fingerprint density at radius 3 is 2.86 bits per heavy atom. The summed E-state index contributed by atoms with van der Waals surface area (Å²) in [5.41, 5.74) is 1.82. The van der Waals surface area contributed by atoms with E-state index in [1.54, 1.807) is 17.0 Å². The lowest BCUT2D eigenvalue weighted by atomic mass is 9.49. The van der Waals surface area contributed by atoms with Crippen molar-refractivity contribution < 1.29 is 14.0 Å². The minimum absolute atomic E-state index is 0.0931. The Morgan fingerprint density at radius 1 is 1.32 bits per heavy atom. The average molecular weight is 384 g/mol. The van der Waals surface area contributed by atoms with E-state index in [2.05, 4.69) is 25.2 Å². The SMILES string of the molecule is CC1(C)C2CC=C(CN(C(=O)c3cccc(F)c3)C3CCCCNC3=O)C1C2. The Bertz CT molecular complexity index is 817. The minimum atomic E-state index is -0.500. The van der Waals surface area contributed by atoms with Crippen molar-refractivity contribution in [2.45, 2.75) is 52.0 Å². The number of hydrogen-bond donors (Lipinski definition) is 1. The average Bonchev–Trinajstić information content (AvgIpc) is 2.90. The molecule has 1 aromatic carbocycles. The molecule has 1 saturated carbocycles. The number of hydrogen-bond acceptors (Lipinski definition) is 2.